The predicted octanol–water partition coefficient (Wildman–Crippen LogP) is 8.37. The Kier molecular flexibility index (Phi) is 8.57. The maximum atomic E-state index is 11.7. The molecule has 3 unspecified atom stereocenters. The number of rotatable bonds is 8. The van der Waals surface area contributed by atoms with Crippen LogP contribution in [0.15, 0.2) is 53.0 Å². The minimum Gasteiger partial charge on any atom is -0.493 e. The zero-order valence-corrected chi connectivity index (χ0v) is 24.9. The summed E-state index contributed by atoms with van der Waals surface area (Å²) in [6.07, 6.45) is 4.54. The smallest absolute Gasteiger partial charge is 0.346 e. The monoisotopic (exact) mass is 599 g/mol. The maximum Gasteiger partial charge on any atom is 0.346 e. The number of halogens is 2. The normalized spacial score (nSPS) is 19.1. The molecular formula is C31H31Cl2NO5S. The first-order chi connectivity index (χ1) is 19.2. The molecule has 40 heavy (non-hydrogen) atoms. The average Bonchev–Trinajstić information content (AvgIpc) is 3.17. The van der Waals surface area contributed by atoms with Crippen molar-refractivity contribution in [3.8, 4) is 11.5 Å². The van der Waals surface area contributed by atoms with Gasteiger partial charge >= 0.3 is 5.97 Å². The number of carbonyl (C=O) groups is 1. The summed E-state index contributed by atoms with van der Waals surface area (Å²) >= 11 is 13.4. The summed E-state index contributed by atoms with van der Waals surface area (Å²) in [6.45, 7) is 4.27. The van der Waals surface area contributed by atoms with Gasteiger partial charge < -0.3 is 19.7 Å². The van der Waals surface area contributed by atoms with Crippen LogP contribution >= 0.6 is 34.5 Å². The van der Waals surface area contributed by atoms with Gasteiger partial charge in [0.25, 0.3) is 0 Å². The van der Waals surface area contributed by atoms with Crippen LogP contribution in [0.4, 0.5) is 5.00 Å². The van der Waals surface area contributed by atoms with E-state index in [1.54, 1.807) is 26.2 Å². The predicted molar refractivity (Wildman–Crippen MR) is 160 cm³/mol. The van der Waals surface area contributed by atoms with Gasteiger partial charge in [-0.1, -0.05) is 48.3 Å². The van der Waals surface area contributed by atoms with Gasteiger partial charge in [0.15, 0.2) is 11.5 Å². The van der Waals surface area contributed by atoms with Crippen molar-refractivity contribution in [3.05, 3.63) is 85.2 Å². The summed E-state index contributed by atoms with van der Waals surface area (Å²) < 4.78 is 11.7. The van der Waals surface area contributed by atoms with E-state index in [-0.39, 0.29) is 16.7 Å². The van der Waals surface area contributed by atoms with Gasteiger partial charge in [0.1, 0.15) is 16.5 Å². The number of aliphatic hydroxyl groups excluding tert-OH is 1. The molecule has 0 radical (unpaired) electrons. The van der Waals surface area contributed by atoms with E-state index in [0.29, 0.717) is 50.7 Å². The molecule has 6 nitrogen and oxygen atoms in total. The highest BCUT2D eigenvalue weighted by molar-refractivity contribution is 7.18. The number of carboxylic acids is 1. The molecule has 1 aliphatic carbocycles. The van der Waals surface area contributed by atoms with Gasteiger partial charge in [-0.25, -0.2) is 9.79 Å². The van der Waals surface area contributed by atoms with E-state index in [0.717, 1.165) is 53.0 Å². The minimum absolute atomic E-state index is 0.183. The third-order valence-electron chi connectivity index (χ3n) is 7.76. The molecule has 1 aliphatic heterocycles. The molecule has 0 amide bonds. The number of benzene rings is 2. The lowest BCUT2D eigenvalue weighted by molar-refractivity contribution is 0.0701. The van der Waals surface area contributed by atoms with E-state index >= 15 is 0 Å². The van der Waals surface area contributed by atoms with Crippen LogP contribution in [0.3, 0.4) is 0 Å². The Morgan fingerprint density at radius 3 is 2.73 bits per heavy atom. The molecule has 0 bridgehead atoms. The second-order valence-electron chi connectivity index (χ2n) is 10.4. The van der Waals surface area contributed by atoms with Crippen molar-refractivity contribution >= 4 is 51.2 Å². The van der Waals surface area contributed by atoms with Gasteiger partial charge in [-0.2, -0.15) is 0 Å². The van der Waals surface area contributed by atoms with Crippen molar-refractivity contribution in [1.29, 1.82) is 0 Å². The Balaban J connectivity index is 1.35. The summed E-state index contributed by atoms with van der Waals surface area (Å²) in [6, 6.07) is 11.3. The third-order valence-corrected chi connectivity index (χ3v) is 9.53. The van der Waals surface area contributed by atoms with Crippen LogP contribution in [-0.4, -0.2) is 29.0 Å². The van der Waals surface area contributed by atoms with Crippen LogP contribution < -0.4 is 9.47 Å². The average molecular weight is 601 g/mol. The van der Waals surface area contributed by atoms with E-state index in [1.807, 2.05) is 18.2 Å². The summed E-state index contributed by atoms with van der Waals surface area (Å²) in [4.78, 5) is 17.0. The fourth-order valence-corrected chi connectivity index (χ4v) is 7.24. The van der Waals surface area contributed by atoms with Crippen molar-refractivity contribution in [2.24, 2.45) is 16.8 Å². The van der Waals surface area contributed by atoms with E-state index in [2.05, 4.69) is 19.1 Å². The number of hydrogen-bond acceptors (Lipinski definition) is 6. The van der Waals surface area contributed by atoms with Crippen LogP contribution in [0, 0.1) is 18.8 Å². The van der Waals surface area contributed by atoms with Gasteiger partial charge in [0.05, 0.1) is 13.2 Å². The quantitative estimate of drug-likeness (QED) is 0.271. The number of carboxylic acid groups (broad SMARTS) is 1. The van der Waals surface area contributed by atoms with Crippen LogP contribution in [-0.2, 0) is 13.0 Å². The number of aliphatic imine (C=N–C) groups is 1. The zero-order chi connectivity index (χ0) is 28.6. The molecule has 0 spiro atoms. The molecule has 0 fully saturated rings. The maximum absolute atomic E-state index is 11.7. The molecule has 5 rings (SSSR count). The van der Waals surface area contributed by atoms with Crippen LogP contribution in [0.1, 0.15) is 64.2 Å². The number of aromatic carboxylic acids is 1. The SMILES string of the molecule is COc1cc(CC(C)C2CCC=C3CC(O)c4c(sc(C(=O)O)c4C)N=C32)ccc1OCc1ccc(Cl)cc1Cl. The van der Waals surface area contributed by atoms with Gasteiger partial charge in [0, 0.05) is 39.2 Å². The molecule has 3 atom stereocenters. The third kappa shape index (κ3) is 5.79. The second-order valence-corrected chi connectivity index (χ2v) is 12.2. The van der Waals surface area contributed by atoms with Crippen molar-refractivity contribution in [2.45, 2.75) is 52.2 Å². The second kappa shape index (κ2) is 12.0. The standard InChI is InChI=1S/C31H31Cl2NO5S/c1-16(11-18-7-10-25(26(12-18)38-3)39-15-20-8-9-21(32)14-23(20)33)22-6-4-5-19-13-24(35)27-17(2)29(31(36)37)40-30(27)34-28(19)22/h5,7-10,12,14,16,22,24,35H,4,6,11,13,15H2,1-3H3,(H,36,37). The Morgan fingerprint density at radius 2 is 2.00 bits per heavy atom. The largest absolute Gasteiger partial charge is 0.493 e. The fourth-order valence-electron chi connectivity index (χ4n) is 5.69. The van der Waals surface area contributed by atoms with Crippen molar-refractivity contribution in [3.63, 3.8) is 0 Å². The molecule has 210 valence electrons. The van der Waals surface area contributed by atoms with E-state index in [4.69, 9.17) is 37.7 Å². The first kappa shape index (κ1) is 28.7. The lowest BCUT2D eigenvalue weighted by atomic mass is 9.75. The molecule has 0 saturated carbocycles. The zero-order valence-electron chi connectivity index (χ0n) is 22.5. The number of thiophene rings is 1. The number of hydrogen-bond donors (Lipinski definition) is 2. The summed E-state index contributed by atoms with van der Waals surface area (Å²) in [7, 11) is 1.63. The number of fused-ring (bicyclic) bond motifs is 2. The van der Waals surface area contributed by atoms with E-state index in [1.165, 1.54) is 0 Å². The van der Waals surface area contributed by atoms with Gasteiger partial charge in [0.2, 0.25) is 0 Å². The Morgan fingerprint density at radius 1 is 1.20 bits per heavy atom. The molecule has 1 aromatic heterocycles. The van der Waals surface area contributed by atoms with Crippen LogP contribution in [0.25, 0.3) is 0 Å². The first-order valence-corrected chi connectivity index (χ1v) is 14.8. The molecule has 0 saturated heterocycles. The topological polar surface area (TPSA) is 88.4 Å². The van der Waals surface area contributed by atoms with Gasteiger partial charge in [-0.05, 0) is 73.1 Å². The van der Waals surface area contributed by atoms with Crippen LogP contribution in [0.2, 0.25) is 10.0 Å². The lowest BCUT2D eigenvalue weighted by Gasteiger charge is -2.30. The fraction of sp³-hybridized carbons (Fsp3) is 0.355. The highest BCUT2D eigenvalue weighted by atomic mass is 35.5. The number of ether oxygens (including phenoxy) is 2. The summed E-state index contributed by atoms with van der Waals surface area (Å²) in [5.41, 5.74) is 5.25. The number of methoxy groups -OCH3 is 1. The van der Waals surface area contributed by atoms with Crippen LogP contribution in [0.5, 0.6) is 11.5 Å². The Labute approximate surface area is 247 Å². The summed E-state index contributed by atoms with van der Waals surface area (Å²) in [5, 5.41) is 22.4. The first-order valence-electron chi connectivity index (χ1n) is 13.2. The molecule has 2 aliphatic rings. The molecular weight excluding hydrogens is 569 g/mol. The highest BCUT2D eigenvalue weighted by Crippen LogP contribution is 2.46. The van der Waals surface area contributed by atoms with Crippen molar-refractivity contribution in [1.82, 2.24) is 0 Å². The molecule has 2 heterocycles. The van der Waals surface area contributed by atoms with Gasteiger partial charge in [-0.15, -0.1) is 11.3 Å². The number of nitrogens with zero attached hydrogens (tertiary/aromatic N) is 1. The Bertz CT molecular complexity index is 1510. The lowest BCUT2D eigenvalue weighted by Crippen LogP contribution is -2.28. The molecule has 2 N–H and O–H groups in total. The van der Waals surface area contributed by atoms with E-state index in [9.17, 15) is 15.0 Å². The molecule has 2 aromatic carbocycles. The molecule has 3 aromatic rings. The summed E-state index contributed by atoms with van der Waals surface area (Å²) in [5.74, 6) is 0.733. The molecule has 9 heteroatoms. The number of aliphatic hydroxyl groups is 1. The Hall–Kier alpha value is -2.84. The van der Waals surface area contributed by atoms with Crippen molar-refractivity contribution < 1.29 is 24.5 Å². The minimum atomic E-state index is -0.982. The van der Waals surface area contributed by atoms with Gasteiger partial charge in [-0.3, -0.25) is 0 Å². The number of allylic oxidation sites excluding steroid dienone is 1. The van der Waals surface area contributed by atoms with Crippen molar-refractivity contribution in [2.75, 3.05) is 7.11 Å². The highest BCUT2D eigenvalue weighted by Gasteiger charge is 2.34. The van der Waals surface area contributed by atoms with E-state index < -0.39 is 12.1 Å².